The van der Waals surface area contributed by atoms with Gasteiger partial charge < -0.3 is 9.84 Å². The molecule has 1 fully saturated rings. The molecule has 0 unspecified atom stereocenters. The van der Waals surface area contributed by atoms with Crippen LogP contribution in [0.1, 0.15) is 32.3 Å². The first-order chi connectivity index (χ1) is 8.84. The summed E-state index contributed by atoms with van der Waals surface area (Å²) < 4.78 is 4.93. The van der Waals surface area contributed by atoms with Gasteiger partial charge in [-0.1, -0.05) is 37.6 Å². The lowest BCUT2D eigenvalue weighted by Crippen LogP contribution is -2.61. The highest BCUT2D eigenvalue weighted by Crippen LogP contribution is 2.54. The highest BCUT2D eigenvalue weighted by atomic mass is 35.5. The van der Waals surface area contributed by atoms with Gasteiger partial charge in [0, 0.05) is 5.02 Å². The number of esters is 1. The summed E-state index contributed by atoms with van der Waals surface area (Å²) in [5.74, 6) is -0.183. The van der Waals surface area contributed by atoms with Gasteiger partial charge in [-0.3, -0.25) is 4.79 Å². The van der Waals surface area contributed by atoms with Gasteiger partial charge in [0.1, 0.15) is 0 Å². The van der Waals surface area contributed by atoms with Crippen LogP contribution in [0.15, 0.2) is 24.3 Å². The van der Waals surface area contributed by atoms with E-state index in [1.165, 1.54) is 7.11 Å². The fourth-order valence-electron chi connectivity index (χ4n) is 2.83. The SMILES string of the molecule is COC(=O)C1(c2ccc(Cl)cc2)CC(O)(C(C)C)C1. The molecule has 1 aliphatic carbocycles. The summed E-state index contributed by atoms with van der Waals surface area (Å²) in [6.45, 7) is 3.92. The molecule has 0 heterocycles. The summed E-state index contributed by atoms with van der Waals surface area (Å²) in [5, 5.41) is 11.1. The molecule has 1 aromatic carbocycles. The van der Waals surface area contributed by atoms with Crippen molar-refractivity contribution in [1.82, 2.24) is 0 Å². The van der Waals surface area contributed by atoms with Crippen molar-refractivity contribution in [2.45, 2.75) is 37.7 Å². The average Bonchev–Trinajstić information content (AvgIpc) is 2.34. The lowest BCUT2D eigenvalue weighted by Gasteiger charge is -2.53. The quantitative estimate of drug-likeness (QED) is 0.867. The van der Waals surface area contributed by atoms with Gasteiger partial charge in [0.25, 0.3) is 0 Å². The minimum Gasteiger partial charge on any atom is -0.468 e. The van der Waals surface area contributed by atoms with E-state index in [9.17, 15) is 9.90 Å². The van der Waals surface area contributed by atoms with E-state index in [0.29, 0.717) is 17.9 Å². The number of hydrogen-bond acceptors (Lipinski definition) is 3. The smallest absolute Gasteiger partial charge is 0.316 e. The Morgan fingerprint density at radius 3 is 2.26 bits per heavy atom. The predicted molar refractivity (Wildman–Crippen MR) is 74.2 cm³/mol. The fraction of sp³-hybridized carbons (Fsp3) is 0.533. The number of halogens is 1. The molecule has 0 aliphatic heterocycles. The van der Waals surface area contributed by atoms with Crippen LogP contribution in [-0.2, 0) is 14.9 Å². The normalized spacial score (nSPS) is 30.0. The van der Waals surface area contributed by atoms with Gasteiger partial charge in [-0.15, -0.1) is 0 Å². The van der Waals surface area contributed by atoms with Crippen LogP contribution in [-0.4, -0.2) is 23.8 Å². The Balaban J connectivity index is 2.35. The van der Waals surface area contributed by atoms with E-state index in [-0.39, 0.29) is 11.9 Å². The van der Waals surface area contributed by atoms with Gasteiger partial charge in [-0.05, 0) is 36.5 Å². The molecular weight excluding hydrogens is 264 g/mol. The van der Waals surface area contributed by atoms with E-state index >= 15 is 0 Å². The molecule has 3 nitrogen and oxygen atoms in total. The molecule has 104 valence electrons. The number of carbonyl (C=O) groups is 1. The third kappa shape index (κ3) is 2.26. The van der Waals surface area contributed by atoms with E-state index in [1.54, 1.807) is 12.1 Å². The van der Waals surface area contributed by atoms with E-state index in [2.05, 4.69) is 0 Å². The zero-order valence-electron chi connectivity index (χ0n) is 11.4. The molecule has 0 spiro atoms. The molecule has 0 amide bonds. The molecule has 1 saturated carbocycles. The minimum absolute atomic E-state index is 0.109. The van der Waals surface area contributed by atoms with Crippen molar-refractivity contribution in [3.63, 3.8) is 0 Å². The third-order valence-corrected chi connectivity index (χ3v) is 4.52. The van der Waals surface area contributed by atoms with Crippen LogP contribution in [0.3, 0.4) is 0 Å². The van der Waals surface area contributed by atoms with Crippen LogP contribution in [0.25, 0.3) is 0 Å². The van der Waals surface area contributed by atoms with Crippen molar-refractivity contribution < 1.29 is 14.6 Å². The Labute approximate surface area is 118 Å². The number of carbonyl (C=O) groups excluding carboxylic acids is 1. The van der Waals surface area contributed by atoms with Crippen LogP contribution in [0.5, 0.6) is 0 Å². The Morgan fingerprint density at radius 2 is 1.84 bits per heavy atom. The first-order valence-electron chi connectivity index (χ1n) is 6.41. The summed E-state index contributed by atoms with van der Waals surface area (Å²) in [6.07, 6.45) is 0.790. The number of rotatable bonds is 3. The zero-order chi connectivity index (χ0) is 14.3. The van der Waals surface area contributed by atoms with Crippen molar-refractivity contribution in [3.05, 3.63) is 34.9 Å². The molecule has 1 aromatic rings. The maximum Gasteiger partial charge on any atom is 0.316 e. The predicted octanol–water partition coefficient (Wildman–Crippen LogP) is 2.93. The first kappa shape index (κ1) is 14.4. The lowest BCUT2D eigenvalue weighted by atomic mass is 9.53. The Kier molecular flexibility index (Phi) is 3.63. The number of benzene rings is 1. The van der Waals surface area contributed by atoms with Gasteiger partial charge in [0.2, 0.25) is 0 Å². The minimum atomic E-state index is -0.798. The summed E-state index contributed by atoms with van der Waals surface area (Å²) in [5.41, 5.74) is -0.680. The summed E-state index contributed by atoms with van der Waals surface area (Å²) in [4.78, 5) is 12.1. The van der Waals surface area contributed by atoms with Crippen LogP contribution in [0, 0.1) is 5.92 Å². The maximum absolute atomic E-state index is 12.1. The Hall–Kier alpha value is -1.06. The fourth-order valence-corrected chi connectivity index (χ4v) is 2.96. The summed E-state index contributed by atoms with van der Waals surface area (Å²) in [6, 6.07) is 7.18. The highest BCUT2D eigenvalue weighted by Gasteiger charge is 2.61. The molecule has 1 N–H and O–H groups in total. The topological polar surface area (TPSA) is 46.5 Å². The molecular formula is C15H19ClO3. The monoisotopic (exact) mass is 282 g/mol. The zero-order valence-corrected chi connectivity index (χ0v) is 12.2. The average molecular weight is 283 g/mol. The highest BCUT2D eigenvalue weighted by molar-refractivity contribution is 6.30. The van der Waals surface area contributed by atoms with Crippen LogP contribution >= 0.6 is 11.6 Å². The molecule has 0 saturated heterocycles. The van der Waals surface area contributed by atoms with Gasteiger partial charge in [-0.2, -0.15) is 0 Å². The second-order valence-electron chi connectivity index (χ2n) is 5.69. The maximum atomic E-state index is 12.1. The standard InChI is InChI=1S/C15H19ClO3/c1-10(2)15(18)8-14(9-15,13(17)19-3)11-4-6-12(16)7-5-11/h4-7,10,18H,8-9H2,1-3H3. The van der Waals surface area contributed by atoms with Gasteiger partial charge in [-0.25, -0.2) is 0 Å². The van der Waals surface area contributed by atoms with E-state index < -0.39 is 11.0 Å². The van der Waals surface area contributed by atoms with E-state index in [4.69, 9.17) is 16.3 Å². The summed E-state index contributed by atoms with van der Waals surface area (Å²) >= 11 is 5.88. The van der Waals surface area contributed by atoms with Gasteiger partial charge in [0.05, 0.1) is 18.1 Å². The van der Waals surface area contributed by atoms with Crippen LogP contribution in [0.2, 0.25) is 5.02 Å². The lowest BCUT2D eigenvalue weighted by molar-refractivity contribution is -0.175. The van der Waals surface area contributed by atoms with Gasteiger partial charge >= 0.3 is 5.97 Å². The molecule has 0 aromatic heterocycles. The van der Waals surface area contributed by atoms with Crippen LogP contribution < -0.4 is 0 Å². The molecule has 0 bridgehead atoms. The van der Waals surface area contributed by atoms with E-state index in [0.717, 1.165) is 5.56 Å². The van der Waals surface area contributed by atoms with Crippen molar-refractivity contribution in [2.24, 2.45) is 5.92 Å². The number of ether oxygens (including phenoxy) is 1. The van der Waals surface area contributed by atoms with Crippen molar-refractivity contribution >= 4 is 17.6 Å². The van der Waals surface area contributed by atoms with Crippen molar-refractivity contribution in [3.8, 4) is 0 Å². The molecule has 19 heavy (non-hydrogen) atoms. The Bertz CT molecular complexity index is 473. The first-order valence-corrected chi connectivity index (χ1v) is 6.79. The van der Waals surface area contributed by atoms with Crippen molar-refractivity contribution in [1.29, 1.82) is 0 Å². The van der Waals surface area contributed by atoms with Crippen LogP contribution in [0.4, 0.5) is 0 Å². The number of aliphatic hydroxyl groups is 1. The molecule has 4 heteroatoms. The summed E-state index contributed by atoms with van der Waals surface area (Å²) in [7, 11) is 1.38. The molecule has 2 rings (SSSR count). The van der Waals surface area contributed by atoms with E-state index in [1.807, 2.05) is 26.0 Å². The van der Waals surface area contributed by atoms with Crippen molar-refractivity contribution in [2.75, 3.05) is 7.11 Å². The molecule has 0 atom stereocenters. The third-order valence-electron chi connectivity index (χ3n) is 4.26. The number of methoxy groups -OCH3 is 1. The molecule has 0 radical (unpaired) electrons. The second-order valence-corrected chi connectivity index (χ2v) is 6.13. The Morgan fingerprint density at radius 1 is 1.32 bits per heavy atom. The van der Waals surface area contributed by atoms with Gasteiger partial charge in [0.15, 0.2) is 0 Å². The molecule has 1 aliphatic rings. The largest absolute Gasteiger partial charge is 0.468 e. The second kappa shape index (κ2) is 4.80. The number of hydrogen-bond donors (Lipinski definition) is 1.